The van der Waals surface area contributed by atoms with Crippen molar-refractivity contribution in [1.29, 1.82) is 0 Å². The third-order valence-corrected chi connectivity index (χ3v) is 5.71. The first-order valence-electron chi connectivity index (χ1n) is 9.75. The average molecular weight is 388 g/mol. The van der Waals surface area contributed by atoms with Gasteiger partial charge in [0.05, 0.1) is 12.1 Å². The molecule has 0 bridgehead atoms. The van der Waals surface area contributed by atoms with Crippen molar-refractivity contribution in [2.45, 2.75) is 51.6 Å². The monoisotopic (exact) mass is 387 g/mol. The fourth-order valence-corrected chi connectivity index (χ4v) is 4.14. The minimum Gasteiger partial charge on any atom is -0.385 e. The zero-order valence-corrected chi connectivity index (χ0v) is 17.0. The number of benzene rings is 1. The molecule has 1 saturated carbocycles. The number of methoxy groups -OCH3 is 1. The van der Waals surface area contributed by atoms with E-state index in [4.69, 9.17) is 17.0 Å². The minimum absolute atomic E-state index is 0.0259. The fourth-order valence-electron chi connectivity index (χ4n) is 3.83. The molecule has 3 rings (SSSR count). The second-order valence-electron chi connectivity index (χ2n) is 7.31. The van der Waals surface area contributed by atoms with Crippen LogP contribution in [0, 0.1) is 6.92 Å². The lowest BCUT2D eigenvalue weighted by Gasteiger charge is -2.31. The molecule has 0 amide bonds. The number of fused-ring (bicyclic) bond motifs is 1. The van der Waals surface area contributed by atoms with Crippen LogP contribution in [0.2, 0.25) is 0 Å². The highest BCUT2D eigenvalue weighted by molar-refractivity contribution is 7.80. The van der Waals surface area contributed by atoms with Crippen LogP contribution in [0.25, 0.3) is 10.9 Å². The third-order valence-electron chi connectivity index (χ3n) is 5.33. The van der Waals surface area contributed by atoms with Gasteiger partial charge in [-0.1, -0.05) is 31.0 Å². The van der Waals surface area contributed by atoms with Crippen molar-refractivity contribution in [2.75, 3.05) is 20.3 Å². The lowest BCUT2D eigenvalue weighted by Crippen LogP contribution is -2.45. The van der Waals surface area contributed by atoms with Gasteiger partial charge >= 0.3 is 0 Å². The molecule has 0 saturated heterocycles. The molecule has 1 fully saturated rings. The molecule has 1 heterocycles. The van der Waals surface area contributed by atoms with Crippen molar-refractivity contribution < 1.29 is 4.74 Å². The van der Waals surface area contributed by atoms with E-state index in [0.717, 1.165) is 52.9 Å². The predicted molar refractivity (Wildman–Crippen MR) is 114 cm³/mol. The molecule has 0 aliphatic heterocycles. The van der Waals surface area contributed by atoms with Gasteiger partial charge in [-0.2, -0.15) is 0 Å². The van der Waals surface area contributed by atoms with E-state index in [9.17, 15) is 4.79 Å². The largest absolute Gasteiger partial charge is 0.385 e. The van der Waals surface area contributed by atoms with Gasteiger partial charge in [-0.25, -0.2) is 0 Å². The number of para-hydroxylation sites is 1. The zero-order valence-electron chi connectivity index (χ0n) is 16.2. The number of hydrogen-bond acceptors (Lipinski definition) is 3. The number of aryl methyl sites for hydroxylation is 1. The van der Waals surface area contributed by atoms with Crippen molar-refractivity contribution in [3.8, 4) is 0 Å². The van der Waals surface area contributed by atoms with E-state index in [0.29, 0.717) is 19.2 Å². The molecule has 2 N–H and O–H groups in total. The molecule has 1 aliphatic rings. The van der Waals surface area contributed by atoms with Crippen LogP contribution in [0.3, 0.4) is 0 Å². The second-order valence-corrected chi connectivity index (χ2v) is 7.69. The molecule has 27 heavy (non-hydrogen) atoms. The molecule has 6 heteroatoms. The molecule has 5 nitrogen and oxygen atoms in total. The molecule has 0 spiro atoms. The Kier molecular flexibility index (Phi) is 6.85. The number of ether oxygens (including phenoxy) is 1. The molecule has 0 atom stereocenters. The summed E-state index contributed by atoms with van der Waals surface area (Å²) in [6.45, 7) is 4.05. The van der Waals surface area contributed by atoms with Gasteiger partial charge in [-0.3, -0.25) is 4.79 Å². The Balaban J connectivity index is 1.81. The quantitative estimate of drug-likeness (QED) is 0.563. The maximum absolute atomic E-state index is 12.7. The molecule has 2 aromatic rings. The maximum atomic E-state index is 12.7. The normalized spacial score (nSPS) is 14.6. The molecule has 146 valence electrons. The van der Waals surface area contributed by atoms with Crippen LogP contribution in [0.5, 0.6) is 0 Å². The van der Waals surface area contributed by atoms with Gasteiger partial charge in [0.25, 0.3) is 5.56 Å². The van der Waals surface area contributed by atoms with E-state index < -0.39 is 0 Å². The first-order valence-corrected chi connectivity index (χ1v) is 10.2. The Morgan fingerprint density at radius 3 is 2.89 bits per heavy atom. The number of nitrogens with zero attached hydrogens (tertiary/aromatic N) is 1. The van der Waals surface area contributed by atoms with Crippen LogP contribution >= 0.6 is 12.2 Å². The second kappa shape index (κ2) is 9.33. The lowest BCUT2D eigenvalue weighted by molar-refractivity contribution is 0.195. The molecule has 0 unspecified atom stereocenters. The van der Waals surface area contributed by atoms with Crippen molar-refractivity contribution in [3.05, 3.63) is 45.7 Å². The Morgan fingerprint density at radius 1 is 1.37 bits per heavy atom. The van der Waals surface area contributed by atoms with E-state index >= 15 is 0 Å². The number of aromatic amines is 1. The zero-order chi connectivity index (χ0) is 19.2. The van der Waals surface area contributed by atoms with Crippen molar-refractivity contribution in [3.63, 3.8) is 0 Å². The van der Waals surface area contributed by atoms with Gasteiger partial charge < -0.3 is 19.9 Å². The maximum Gasteiger partial charge on any atom is 0.253 e. The Hall–Kier alpha value is -1.92. The summed E-state index contributed by atoms with van der Waals surface area (Å²) in [6, 6.07) is 8.50. The van der Waals surface area contributed by atoms with Crippen LogP contribution in [0.1, 0.15) is 43.2 Å². The highest BCUT2D eigenvalue weighted by Gasteiger charge is 2.25. The fraction of sp³-hybridized carbons (Fsp3) is 0.524. The highest BCUT2D eigenvalue weighted by Crippen LogP contribution is 2.25. The first-order chi connectivity index (χ1) is 13.1. The van der Waals surface area contributed by atoms with Gasteiger partial charge in [-0.15, -0.1) is 0 Å². The van der Waals surface area contributed by atoms with E-state index in [1.165, 1.54) is 12.8 Å². The highest BCUT2D eigenvalue weighted by atomic mass is 32.1. The lowest BCUT2D eigenvalue weighted by atomic mass is 10.1. The van der Waals surface area contributed by atoms with Gasteiger partial charge in [-0.05, 0) is 55.4 Å². The van der Waals surface area contributed by atoms with E-state index in [1.807, 2.05) is 31.2 Å². The summed E-state index contributed by atoms with van der Waals surface area (Å²) in [5.74, 6) is 0. The Bertz CT molecular complexity index is 843. The van der Waals surface area contributed by atoms with Crippen LogP contribution < -0.4 is 10.9 Å². The topological polar surface area (TPSA) is 57.4 Å². The summed E-state index contributed by atoms with van der Waals surface area (Å²) in [4.78, 5) is 18.0. The van der Waals surface area contributed by atoms with Gasteiger partial charge in [0.1, 0.15) is 0 Å². The molecular formula is C21H29N3O2S. The summed E-state index contributed by atoms with van der Waals surface area (Å²) in [5, 5.41) is 5.15. The number of pyridine rings is 1. The van der Waals surface area contributed by atoms with Gasteiger partial charge in [0.2, 0.25) is 0 Å². The molecule has 1 aromatic carbocycles. The van der Waals surface area contributed by atoms with Crippen molar-refractivity contribution in [2.24, 2.45) is 0 Å². The summed E-state index contributed by atoms with van der Waals surface area (Å²) in [7, 11) is 1.71. The standard InChI is InChI=1S/C21H29N3O2S/c1-15-7-5-8-16-13-17(20(25)23-19(15)16)14-24(18-9-3-4-10-18)21(27)22-11-6-12-26-2/h5,7-8,13,18H,3-4,6,9-12,14H2,1-2H3,(H,22,27)(H,23,25). The number of hydrogen-bond donors (Lipinski definition) is 2. The van der Waals surface area contributed by atoms with Crippen molar-refractivity contribution >= 4 is 28.2 Å². The number of nitrogens with one attached hydrogen (secondary N) is 2. The minimum atomic E-state index is -0.0259. The summed E-state index contributed by atoms with van der Waals surface area (Å²) < 4.78 is 5.10. The van der Waals surface area contributed by atoms with Crippen LogP contribution in [0.4, 0.5) is 0 Å². The number of rotatable bonds is 7. The SMILES string of the molecule is COCCCNC(=S)N(Cc1cc2cccc(C)c2[nH]c1=O)C1CCCC1. The third kappa shape index (κ3) is 4.87. The van der Waals surface area contributed by atoms with E-state index in [-0.39, 0.29) is 5.56 Å². The van der Waals surface area contributed by atoms with Gasteiger partial charge in [0.15, 0.2) is 5.11 Å². The smallest absolute Gasteiger partial charge is 0.253 e. The van der Waals surface area contributed by atoms with Crippen LogP contribution in [-0.2, 0) is 11.3 Å². The number of thiocarbonyl (C=S) groups is 1. The van der Waals surface area contributed by atoms with Crippen LogP contribution in [0.15, 0.2) is 29.1 Å². The predicted octanol–water partition coefficient (Wildman–Crippen LogP) is 3.49. The van der Waals surface area contributed by atoms with Gasteiger partial charge in [0, 0.05) is 31.9 Å². The summed E-state index contributed by atoms with van der Waals surface area (Å²) in [5.41, 5.74) is 2.74. The van der Waals surface area contributed by atoms with Crippen molar-refractivity contribution in [1.82, 2.24) is 15.2 Å². The first kappa shape index (κ1) is 19.8. The summed E-state index contributed by atoms with van der Waals surface area (Å²) in [6.07, 6.45) is 5.61. The number of aromatic nitrogens is 1. The molecular weight excluding hydrogens is 358 g/mol. The Morgan fingerprint density at radius 2 is 2.15 bits per heavy atom. The summed E-state index contributed by atoms with van der Waals surface area (Å²) >= 11 is 5.68. The average Bonchev–Trinajstić information content (AvgIpc) is 3.18. The van der Waals surface area contributed by atoms with Crippen LogP contribution in [-0.4, -0.2) is 41.3 Å². The molecule has 0 radical (unpaired) electrons. The Labute approximate surface area is 166 Å². The number of H-pyrrole nitrogens is 1. The van der Waals surface area contributed by atoms with E-state index in [2.05, 4.69) is 15.2 Å². The molecule has 1 aromatic heterocycles. The molecule has 1 aliphatic carbocycles. The van der Waals surface area contributed by atoms with E-state index in [1.54, 1.807) is 7.11 Å².